The van der Waals surface area contributed by atoms with E-state index >= 15 is 0 Å². The average Bonchev–Trinajstić information content (AvgIpc) is 2.37. The van der Waals surface area contributed by atoms with Crippen molar-refractivity contribution in [3.63, 3.8) is 0 Å². The number of halogens is 1. The first kappa shape index (κ1) is 13.7. The van der Waals surface area contributed by atoms with Crippen LogP contribution >= 0.6 is 0 Å². The van der Waals surface area contributed by atoms with E-state index in [-0.39, 0.29) is 24.4 Å². The van der Waals surface area contributed by atoms with Crippen LogP contribution in [0.5, 0.6) is 0 Å². The number of imide groups is 1. The zero-order valence-corrected chi connectivity index (χ0v) is 12.0. The van der Waals surface area contributed by atoms with Gasteiger partial charge in [-0.3, -0.25) is 0 Å². The Kier molecular flexibility index (Phi) is 4.30. The maximum atomic E-state index is 12.0. The van der Waals surface area contributed by atoms with Crippen molar-refractivity contribution in [1.29, 1.82) is 0 Å². The number of carbonyl (C=O) groups is 3. The number of nitrogens with one attached hydrogen (secondary N) is 1. The summed E-state index contributed by atoms with van der Waals surface area (Å²) < 4.78 is 2.13. The molecular formula is C11H11IN3O4-. The van der Waals surface area contributed by atoms with Crippen molar-refractivity contribution in [3.8, 4) is 0 Å². The van der Waals surface area contributed by atoms with Crippen molar-refractivity contribution < 1.29 is 35.9 Å². The van der Waals surface area contributed by atoms with Crippen LogP contribution in [-0.4, -0.2) is 30.5 Å². The quantitative estimate of drug-likeness (QED) is 0.333. The number of pyridine rings is 1. The van der Waals surface area contributed by atoms with Crippen molar-refractivity contribution in [2.45, 2.75) is 13.0 Å². The summed E-state index contributed by atoms with van der Waals surface area (Å²) in [4.78, 5) is 46.5. The van der Waals surface area contributed by atoms with Gasteiger partial charge in [0.25, 0.3) is 0 Å². The van der Waals surface area contributed by atoms with E-state index in [2.05, 4.69) is 5.32 Å². The number of hydrogen-bond acceptors (Lipinski definition) is 4. The first-order valence-corrected chi connectivity index (χ1v) is 7.70. The normalized spacial score (nSPS) is 15.5. The molecule has 0 bridgehead atoms. The molecule has 0 aliphatic carbocycles. The molecule has 0 spiro atoms. The fraction of sp³-hybridized carbons (Fsp3) is 0.273. The molecule has 1 aliphatic heterocycles. The first-order chi connectivity index (χ1) is 9.11. The molecule has 0 saturated carbocycles. The third-order valence-corrected chi connectivity index (χ3v) is 4.22. The number of rotatable bonds is 4. The number of carbonyl (C=O) groups excluding carboxylic acids is 3. The van der Waals surface area contributed by atoms with Gasteiger partial charge in [-0.05, 0) is 0 Å². The number of amides is 3. The van der Waals surface area contributed by atoms with Gasteiger partial charge in [-0.1, -0.05) is 0 Å². The van der Waals surface area contributed by atoms with E-state index in [4.69, 9.17) is 0 Å². The van der Waals surface area contributed by atoms with Crippen molar-refractivity contribution in [1.82, 2.24) is 13.0 Å². The standard InChI is InChI=1S/C11H11IN3O4/c16-7-12-15-4-1-2-8(10(15)18)6-14-5-3-9(17)13-11(14)19/h1-2,4,7H,3,5-6H2,(H,13,17,19)/q-1. The molecule has 0 unspecified atom stereocenters. The predicted molar refractivity (Wildman–Crippen MR) is 61.4 cm³/mol. The molecular weight excluding hydrogens is 365 g/mol. The second-order valence-electron chi connectivity index (χ2n) is 3.86. The maximum absolute atomic E-state index is 12.0. The van der Waals surface area contributed by atoms with Crippen LogP contribution in [0.25, 0.3) is 0 Å². The minimum atomic E-state index is -1.00. The molecule has 1 N–H and O–H groups in total. The summed E-state index contributed by atoms with van der Waals surface area (Å²) in [5, 5.41) is 2.20. The molecule has 1 fully saturated rings. The molecule has 2 rings (SSSR count). The SMILES string of the molecule is O=C[I-]n1cccc(CN2CCC(=O)NC2=O)c1=O. The average molecular weight is 376 g/mol. The minimum absolute atomic E-state index is 0.140. The molecule has 8 heteroatoms. The van der Waals surface area contributed by atoms with Gasteiger partial charge in [0.1, 0.15) is 0 Å². The Morgan fingerprint density at radius 1 is 1.37 bits per heavy atom. The van der Waals surface area contributed by atoms with Gasteiger partial charge in [-0.15, -0.1) is 0 Å². The third kappa shape index (κ3) is 3.19. The number of aromatic nitrogens is 1. The Bertz CT molecular complexity index is 584. The van der Waals surface area contributed by atoms with Crippen LogP contribution in [-0.2, 0) is 16.1 Å². The van der Waals surface area contributed by atoms with E-state index in [9.17, 15) is 19.2 Å². The van der Waals surface area contributed by atoms with Crippen LogP contribution in [0.1, 0.15) is 12.0 Å². The zero-order valence-electron chi connectivity index (χ0n) is 9.84. The molecule has 0 radical (unpaired) electrons. The molecule has 19 heavy (non-hydrogen) atoms. The van der Waals surface area contributed by atoms with Gasteiger partial charge >= 0.3 is 119 Å². The van der Waals surface area contributed by atoms with E-state index in [0.29, 0.717) is 12.1 Å². The van der Waals surface area contributed by atoms with Gasteiger partial charge in [0.05, 0.1) is 0 Å². The Labute approximate surface area is 119 Å². The van der Waals surface area contributed by atoms with Crippen LogP contribution in [0.4, 0.5) is 4.79 Å². The van der Waals surface area contributed by atoms with Crippen LogP contribution < -0.4 is 32.4 Å². The Balaban J connectivity index is 2.17. The van der Waals surface area contributed by atoms with Crippen molar-refractivity contribution in [3.05, 3.63) is 34.2 Å². The van der Waals surface area contributed by atoms with Crippen LogP contribution in [0, 0.1) is 0 Å². The second-order valence-corrected chi connectivity index (χ2v) is 5.97. The second kappa shape index (κ2) is 5.95. The summed E-state index contributed by atoms with van der Waals surface area (Å²) >= 11 is -1.00. The van der Waals surface area contributed by atoms with Gasteiger partial charge < -0.3 is 0 Å². The van der Waals surface area contributed by atoms with E-state index in [1.165, 1.54) is 7.68 Å². The van der Waals surface area contributed by atoms with Crippen molar-refractivity contribution in [2.75, 3.05) is 6.54 Å². The van der Waals surface area contributed by atoms with E-state index < -0.39 is 27.5 Å². The molecule has 1 aromatic rings. The number of nitrogens with zero attached hydrogens (tertiary/aromatic N) is 2. The summed E-state index contributed by atoms with van der Waals surface area (Å²) in [6, 6.07) is 2.81. The van der Waals surface area contributed by atoms with Gasteiger partial charge in [0.15, 0.2) is 0 Å². The molecule has 1 saturated heterocycles. The first-order valence-electron chi connectivity index (χ1n) is 5.49. The van der Waals surface area contributed by atoms with Gasteiger partial charge in [-0.25, -0.2) is 0 Å². The zero-order chi connectivity index (χ0) is 13.8. The summed E-state index contributed by atoms with van der Waals surface area (Å²) in [7, 11) is 0. The fourth-order valence-corrected chi connectivity index (χ4v) is 2.89. The van der Waals surface area contributed by atoms with Gasteiger partial charge in [-0.2, -0.15) is 0 Å². The van der Waals surface area contributed by atoms with Crippen molar-refractivity contribution >= 4 is 16.2 Å². The topological polar surface area (TPSA) is 88.5 Å². The Morgan fingerprint density at radius 2 is 2.16 bits per heavy atom. The Morgan fingerprint density at radius 3 is 2.84 bits per heavy atom. The predicted octanol–water partition coefficient (Wildman–Crippen LogP) is -3.67. The van der Waals surface area contributed by atoms with Gasteiger partial charge in [0.2, 0.25) is 0 Å². The summed E-state index contributed by atoms with van der Waals surface area (Å²) in [6.45, 7) is 0.434. The molecule has 102 valence electrons. The molecule has 0 atom stereocenters. The summed E-state index contributed by atoms with van der Waals surface area (Å²) in [5.74, 6) is -0.307. The molecule has 3 amide bonds. The summed E-state index contributed by atoms with van der Waals surface area (Å²) in [6.07, 6.45) is 1.79. The van der Waals surface area contributed by atoms with E-state index in [1.807, 2.05) is 0 Å². The van der Waals surface area contributed by atoms with Crippen LogP contribution in [0.2, 0.25) is 0 Å². The van der Waals surface area contributed by atoms with Crippen LogP contribution in [0.3, 0.4) is 0 Å². The third-order valence-electron chi connectivity index (χ3n) is 2.63. The molecule has 2 heterocycles. The Hall–Kier alpha value is -1.71. The van der Waals surface area contributed by atoms with Crippen molar-refractivity contribution in [2.24, 2.45) is 0 Å². The number of hydrogen-bond donors (Lipinski definition) is 1. The van der Waals surface area contributed by atoms with Crippen LogP contribution in [0.15, 0.2) is 23.1 Å². The monoisotopic (exact) mass is 376 g/mol. The molecule has 0 aromatic carbocycles. The van der Waals surface area contributed by atoms with Gasteiger partial charge in [0, 0.05) is 0 Å². The van der Waals surface area contributed by atoms with E-state index in [0.717, 1.165) is 4.29 Å². The van der Waals surface area contributed by atoms with E-state index in [1.54, 1.807) is 18.3 Å². The molecule has 1 aromatic heterocycles. The summed E-state index contributed by atoms with van der Waals surface area (Å²) in [5.41, 5.74) is 0.181. The molecule has 7 nitrogen and oxygen atoms in total. The molecule has 1 aliphatic rings. The number of urea groups is 1. The fourth-order valence-electron chi connectivity index (χ4n) is 1.71.